The van der Waals surface area contributed by atoms with Crippen molar-refractivity contribution < 1.29 is 5.11 Å². The van der Waals surface area contributed by atoms with Gasteiger partial charge < -0.3 is 21.1 Å². The maximum atomic E-state index is 9.78. The first kappa shape index (κ1) is 14.9. The fraction of sp³-hybridized carbons (Fsp3) is 1.00. The second-order valence-electron chi connectivity index (χ2n) is 5.20. The van der Waals surface area contributed by atoms with E-state index in [0.717, 1.165) is 45.6 Å². The van der Waals surface area contributed by atoms with Crippen molar-refractivity contribution in [1.29, 1.82) is 0 Å². The van der Waals surface area contributed by atoms with Crippen LogP contribution in [0.5, 0.6) is 0 Å². The van der Waals surface area contributed by atoms with Crippen LogP contribution in [0.4, 0.5) is 0 Å². The zero-order valence-corrected chi connectivity index (χ0v) is 11.4. The number of hydrogen-bond donors (Lipinski definition) is 3. The number of piperidine rings is 1. The molecule has 3 unspecified atom stereocenters. The largest absolute Gasteiger partial charge is 0.393 e. The second-order valence-corrected chi connectivity index (χ2v) is 5.20. The van der Waals surface area contributed by atoms with Crippen molar-refractivity contribution in [3.63, 3.8) is 0 Å². The lowest BCUT2D eigenvalue weighted by atomic mass is 9.89. The highest BCUT2D eigenvalue weighted by Gasteiger charge is 2.27. The van der Waals surface area contributed by atoms with Gasteiger partial charge in [-0.2, -0.15) is 0 Å². The standard InChI is InChI=1S/C13H29N3O/c1-3-13(17)8-11-7-12(15-4-2)10-16(9-11)6-5-14/h11-13,15,17H,3-10,14H2,1-2H3. The fourth-order valence-electron chi connectivity index (χ4n) is 2.83. The van der Waals surface area contributed by atoms with E-state index in [9.17, 15) is 5.11 Å². The minimum atomic E-state index is -0.139. The summed E-state index contributed by atoms with van der Waals surface area (Å²) in [7, 11) is 0. The maximum Gasteiger partial charge on any atom is 0.0540 e. The van der Waals surface area contributed by atoms with E-state index in [1.165, 1.54) is 6.42 Å². The van der Waals surface area contributed by atoms with Gasteiger partial charge in [-0.15, -0.1) is 0 Å². The van der Waals surface area contributed by atoms with Crippen LogP contribution in [0.25, 0.3) is 0 Å². The monoisotopic (exact) mass is 243 g/mol. The van der Waals surface area contributed by atoms with Gasteiger partial charge in [0.2, 0.25) is 0 Å². The summed E-state index contributed by atoms with van der Waals surface area (Å²) in [5.41, 5.74) is 5.64. The molecule has 1 fully saturated rings. The molecule has 0 saturated carbocycles. The van der Waals surface area contributed by atoms with Crippen LogP contribution >= 0.6 is 0 Å². The molecule has 1 saturated heterocycles. The van der Waals surface area contributed by atoms with Gasteiger partial charge in [0.25, 0.3) is 0 Å². The summed E-state index contributed by atoms with van der Waals surface area (Å²) in [5.74, 6) is 0.606. The molecule has 1 heterocycles. The third-order valence-corrected chi connectivity index (χ3v) is 3.63. The zero-order valence-electron chi connectivity index (χ0n) is 11.4. The maximum absolute atomic E-state index is 9.78. The highest BCUT2D eigenvalue weighted by molar-refractivity contribution is 4.84. The molecular formula is C13H29N3O. The first-order valence-electron chi connectivity index (χ1n) is 7.03. The van der Waals surface area contributed by atoms with Gasteiger partial charge in [0.15, 0.2) is 0 Å². The topological polar surface area (TPSA) is 61.5 Å². The quantitative estimate of drug-likeness (QED) is 0.606. The molecule has 0 amide bonds. The smallest absolute Gasteiger partial charge is 0.0540 e. The number of aliphatic hydroxyl groups is 1. The minimum Gasteiger partial charge on any atom is -0.393 e. The molecule has 102 valence electrons. The summed E-state index contributed by atoms with van der Waals surface area (Å²) < 4.78 is 0. The molecule has 0 aliphatic carbocycles. The molecule has 0 spiro atoms. The third-order valence-electron chi connectivity index (χ3n) is 3.63. The molecule has 3 atom stereocenters. The van der Waals surface area contributed by atoms with Crippen LogP contribution in [0.1, 0.15) is 33.1 Å². The van der Waals surface area contributed by atoms with Crippen molar-refractivity contribution in [1.82, 2.24) is 10.2 Å². The molecule has 4 N–H and O–H groups in total. The lowest BCUT2D eigenvalue weighted by molar-refractivity contribution is 0.0856. The van der Waals surface area contributed by atoms with Crippen LogP contribution < -0.4 is 11.1 Å². The van der Waals surface area contributed by atoms with E-state index >= 15 is 0 Å². The summed E-state index contributed by atoms with van der Waals surface area (Å²) in [4.78, 5) is 2.43. The zero-order chi connectivity index (χ0) is 12.7. The van der Waals surface area contributed by atoms with Gasteiger partial charge in [-0.05, 0) is 31.7 Å². The molecule has 1 aliphatic rings. The van der Waals surface area contributed by atoms with Gasteiger partial charge in [-0.25, -0.2) is 0 Å². The van der Waals surface area contributed by atoms with Gasteiger partial charge in [0.05, 0.1) is 6.10 Å². The van der Waals surface area contributed by atoms with Gasteiger partial charge >= 0.3 is 0 Å². The Morgan fingerprint density at radius 1 is 1.41 bits per heavy atom. The number of rotatable bonds is 7. The Labute approximate surface area is 106 Å². The number of nitrogens with one attached hydrogen (secondary N) is 1. The lowest BCUT2D eigenvalue weighted by Crippen LogP contribution is -2.50. The SMILES string of the molecule is CCNC1CC(CC(O)CC)CN(CCN)C1. The summed E-state index contributed by atoms with van der Waals surface area (Å²) in [5, 5.41) is 13.3. The Hall–Kier alpha value is -0.160. The molecule has 1 rings (SSSR count). The van der Waals surface area contributed by atoms with Crippen LogP contribution in [0, 0.1) is 5.92 Å². The van der Waals surface area contributed by atoms with Gasteiger partial charge in [0, 0.05) is 32.2 Å². The highest BCUT2D eigenvalue weighted by atomic mass is 16.3. The Balaban J connectivity index is 2.45. The van der Waals surface area contributed by atoms with Crippen LogP contribution in [0.15, 0.2) is 0 Å². The molecular weight excluding hydrogens is 214 g/mol. The van der Waals surface area contributed by atoms with Crippen molar-refractivity contribution in [2.45, 2.75) is 45.3 Å². The molecule has 0 aromatic heterocycles. The molecule has 4 heteroatoms. The molecule has 0 aromatic carbocycles. The summed E-state index contributed by atoms with van der Waals surface area (Å²) >= 11 is 0. The van der Waals surface area contributed by atoms with E-state index in [0.29, 0.717) is 12.0 Å². The molecule has 0 radical (unpaired) electrons. The van der Waals surface area contributed by atoms with Crippen molar-refractivity contribution in [3.8, 4) is 0 Å². The molecule has 4 nitrogen and oxygen atoms in total. The Kier molecular flexibility index (Phi) is 7.04. The predicted octanol–water partition coefficient (Wildman–Crippen LogP) is 0.406. The summed E-state index contributed by atoms with van der Waals surface area (Å²) in [6.45, 7) is 9.11. The van der Waals surface area contributed by atoms with E-state index in [4.69, 9.17) is 5.73 Å². The average molecular weight is 243 g/mol. The minimum absolute atomic E-state index is 0.139. The molecule has 17 heavy (non-hydrogen) atoms. The third kappa shape index (κ3) is 5.34. The van der Waals surface area contributed by atoms with Gasteiger partial charge in [-0.1, -0.05) is 13.8 Å². The highest BCUT2D eigenvalue weighted by Crippen LogP contribution is 2.22. The first-order chi connectivity index (χ1) is 8.19. The van der Waals surface area contributed by atoms with Crippen molar-refractivity contribution in [2.75, 3.05) is 32.7 Å². The number of hydrogen-bond acceptors (Lipinski definition) is 4. The number of nitrogens with two attached hydrogens (primary N) is 1. The van der Waals surface area contributed by atoms with E-state index < -0.39 is 0 Å². The second kappa shape index (κ2) is 8.03. The number of nitrogens with zero attached hydrogens (tertiary/aromatic N) is 1. The van der Waals surface area contributed by atoms with Crippen molar-refractivity contribution in [2.24, 2.45) is 11.7 Å². The van der Waals surface area contributed by atoms with E-state index in [1.807, 2.05) is 6.92 Å². The Morgan fingerprint density at radius 2 is 2.18 bits per heavy atom. The normalized spacial score (nSPS) is 28.2. The summed E-state index contributed by atoms with van der Waals surface area (Å²) in [6, 6.07) is 0.564. The van der Waals surface area contributed by atoms with Crippen LogP contribution in [0.2, 0.25) is 0 Å². The average Bonchev–Trinajstić information content (AvgIpc) is 2.29. The predicted molar refractivity (Wildman–Crippen MR) is 72.0 cm³/mol. The van der Waals surface area contributed by atoms with E-state index in [-0.39, 0.29) is 6.10 Å². The number of likely N-dealkylation sites (N-methyl/N-ethyl adjacent to an activating group) is 1. The van der Waals surface area contributed by atoms with Crippen LogP contribution in [-0.4, -0.2) is 54.9 Å². The van der Waals surface area contributed by atoms with Crippen LogP contribution in [-0.2, 0) is 0 Å². The Morgan fingerprint density at radius 3 is 2.76 bits per heavy atom. The van der Waals surface area contributed by atoms with Gasteiger partial charge in [0.1, 0.15) is 0 Å². The molecule has 0 aromatic rings. The first-order valence-corrected chi connectivity index (χ1v) is 7.03. The van der Waals surface area contributed by atoms with E-state index in [1.54, 1.807) is 0 Å². The van der Waals surface area contributed by atoms with Crippen molar-refractivity contribution in [3.05, 3.63) is 0 Å². The number of likely N-dealkylation sites (tertiary alicyclic amines) is 1. The Bertz CT molecular complexity index is 187. The summed E-state index contributed by atoms with van der Waals surface area (Å²) in [6.07, 6.45) is 2.84. The lowest BCUT2D eigenvalue weighted by Gasteiger charge is -2.38. The van der Waals surface area contributed by atoms with E-state index in [2.05, 4.69) is 17.1 Å². The van der Waals surface area contributed by atoms with Crippen molar-refractivity contribution >= 4 is 0 Å². The molecule has 0 bridgehead atoms. The van der Waals surface area contributed by atoms with Crippen LogP contribution in [0.3, 0.4) is 0 Å². The molecule has 1 aliphatic heterocycles. The fourth-order valence-corrected chi connectivity index (χ4v) is 2.83. The van der Waals surface area contributed by atoms with Gasteiger partial charge in [-0.3, -0.25) is 0 Å². The number of aliphatic hydroxyl groups excluding tert-OH is 1.